The van der Waals surface area contributed by atoms with Crippen LogP contribution in [-0.2, 0) is 12.3 Å². The molecule has 7 heteroatoms. The van der Waals surface area contributed by atoms with Crippen LogP contribution in [0.15, 0.2) is 28.6 Å². The number of aryl methyl sites for hydroxylation is 1. The van der Waals surface area contributed by atoms with E-state index in [0.29, 0.717) is 5.13 Å². The van der Waals surface area contributed by atoms with Crippen molar-refractivity contribution < 1.29 is 0 Å². The van der Waals surface area contributed by atoms with Crippen LogP contribution in [-0.4, -0.2) is 20.0 Å². The van der Waals surface area contributed by atoms with E-state index in [1.807, 2.05) is 16.8 Å². The molecule has 0 saturated carbocycles. The van der Waals surface area contributed by atoms with Gasteiger partial charge in [-0.05, 0) is 13.0 Å². The molecule has 0 saturated heterocycles. The average Bonchev–Trinajstić information content (AvgIpc) is 3.00. The fourth-order valence-electron chi connectivity index (χ4n) is 1.95. The van der Waals surface area contributed by atoms with Gasteiger partial charge in [0.1, 0.15) is 0 Å². The Labute approximate surface area is 118 Å². The summed E-state index contributed by atoms with van der Waals surface area (Å²) in [5, 5.41) is 14.2. The number of thioether (sulfide) groups is 1. The molecule has 0 radical (unpaired) electrons. The minimum Gasteiger partial charge on any atom is -0.374 e. The highest BCUT2D eigenvalue weighted by atomic mass is 32.2. The molecule has 0 aliphatic heterocycles. The number of fused-ring (bicyclic) bond motifs is 1. The molecule has 2 aromatic heterocycles. The number of anilines is 1. The fourth-order valence-corrected chi connectivity index (χ4v) is 3.54. The molecule has 0 bridgehead atoms. The van der Waals surface area contributed by atoms with Gasteiger partial charge in [-0.3, -0.25) is 4.68 Å². The molecular formula is C12H13N5S2. The van der Waals surface area contributed by atoms with Crippen molar-refractivity contribution in [2.45, 2.75) is 23.6 Å². The lowest BCUT2D eigenvalue weighted by Crippen LogP contribution is -1.96. The zero-order chi connectivity index (χ0) is 13.2. The molecule has 19 heavy (non-hydrogen) atoms. The van der Waals surface area contributed by atoms with Gasteiger partial charge in [-0.15, -0.1) is 10.2 Å². The maximum atomic E-state index is 5.58. The second kappa shape index (κ2) is 5.18. The third-order valence-corrected chi connectivity index (χ3v) is 4.69. The predicted molar refractivity (Wildman–Crippen MR) is 79.3 cm³/mol. The molecular weight excluding hydrogens is 278 g/mol. The van der Waals surface area contributed by atoms with Crippen molar-refractivity contribution in [1.82, 2.24) is 20.0 Å². The van der Waals surface area contributed by atoms with E-state index in [0.717, 1.165) is 22.3 Å². The number of rotatable bonds is 4. The van der Waals surface area contributed by atoms with Gasteiger partial charge >= 0.3 is 0 Å². The van der Waals surface area contributed by atoms with Crippen LogP contribution in [0, 0.1) is 0 Å². The summed E-state index contributed by atoms with van der Waals surface area (Å²) < 4.78 is 2.91. The van der Waals surface area contributed by atoms with E-state index < -0.39 is 0 Å². The van der Waals surface area contributed by atoms with Gasteiger partial charge in [0.25, 0.3) is 0 Å². The number of nitrogens with two attached hydrogens (primary N) is 1. The molecule has 0 amide bonds. The van der Waals surface area contributed by atoms with E-state index in [2.05, 4.69) is 34.4 Å². The molecule has 0 fully saturated rings. The molecule has 0 atom stereocenters. The van der Waals surface area contributed by atoms with E-state index in [4.69, 9.17) is 5.73 Å². The molecule has 2 heterocycles. The van der Waals surface area contributed by atoms with Gasteiger partial charge in [-0.2, -0.15) is 5.10 Å². The van der Waals surface area contributed by atoms with E-state index in [9.17, 15) is 0 Å². The maximum Gasteiger partial charge on any atom is 0.203 e. The van der Waals surface area contributed by atoms with E-state index in [1.54, 1.807) is 11.8 Å². The first kappa shape index (κ1) is 12.4. The first-order valence-electron chi connectivity index (χ1n) is 5.94. The van der Waals surface area contributed by atoms with Crippen LogP contribution in [0.25, 0.3) is 10.9 Å². The number of nitrogen functional groups attached to an aromatic ring is 1. The van der Waals surface area contributed by atoms with Crippen LogP contribution in [0.2, 0.25) is 0 Å². The van der Waals surface area contributed by atoms with E-state index in [1.165, 1.54) is 22.2 Å². The Morgan fingerprint density at radius 3 is 2.89 bits per heavy atom. The molecule has 5 nitrogen and oxygen atoms in total. The maximum absolute atomic E-state index is 5.58. The molecule has 0 spiro atoms. The number of hydrogen-bond acceptors (Lipinski definition) is 6. The van der Waals surface area contributed by atoms with Gasteiger partial charge in [0.15, 0.2) is 4.34 Å². The Morgan fingerprint density at radius 2 is 2.16 bits per heavy atom. The Bertz CT molecular complexity index is 703. The number of hydrogen-bond donors (Lipinski definition) is 1. The number of para-hydroxylation sites is 1. The fraction of sp³-hybridized carbons (Fsp3) is 0.250. The number of nitrogens with zero attached hydrogens (tertiary/aromatic N) is 4. The molecule has 0 aliphatic rings. The van der Waals surface area contributed by atoms with Crippen LogP contribution in [0.4, 0.5) is 5.13 Å². The summed E-state index contributed by atoms with van der Waals surface area (Å²) in [6, 6.07) is 8.29. The van der Waals surface area contributed by atoms with Gasteiger partial charge in [0.05, 0.1) is 11.2 Å². The molecule has 0 aliphatic carbocycles. The van der Waals surface area contributed by atoms with Gasteiger partial charge in [-0.25, -0.2) is 0 Å². The normalized spacial score (nSPS) is 11.2. The van der Waals surface area contributed by atoms with Gasteiger partial charge < -0.3 is 5.73 Å². The summed E-state index contributed by atoms with van der Waals surface area (Å²) in [5.74, 6) is 0.780. The lowest BCUT2D eigenvalue weighted by Gasteiger charge is -1.95. The van der Waals surface area contributed by atoms with Gasteiger partial charge in [0.2, 0.25) is 5.13 Å². The van der Waals surface area contributed by atoms with Crippen molar-refractivity contribution in [2.24, 2.45) is 0 Å². The standard InChI is InChI=1S/C12H13N5S2/c1-2-17-10-6-4-3-5-8(10)9(16-17)7-18-12-15-14-11(13)19-12/h3-6H,2,7H2,1H3,(H2,13,14). The van der Waals surface area contributed by atoms with Crippen molar-refractivity contribution >= 4 is 39.1 Å². The predicted octanol–water partition coefficient (Wildman–Crippen LogP) is 2.78. The zero-order valence-corrected chi connectivity index (χ0v) is 12.0. The Hall–Kier alpha value is -1.60. The zero-order valence-electron chi connectivity index (χ0n) is 10.4. The summed E-state index contributed by atoms with van der Waals surface area (Å²) in [6.45, 7) is 2.97. The molecule has 0 unspecified atom stereocenters. The van der Waals surface area contributed by atoms with Crippen molar-refractivity contribution in [2.75, 3.05) is 5.73 Å². The van der Waals surface area contributed by atoms with Crippen molar-refractivity contribution in [3.8, 4) is 0 Å². The monoisotopic (exact) mass is 291 g/mol. The summed E-state index contributed by atoms with van der Waals surface area (Å²) in [7, 11) is 0. The summed E-state index contributed by atoms with van der Waals surface area (Å²) >= 11 is 3.03. The van der Waals surface area contributed by atoms with E-state index in [-0.39, 0.29) is 0 Å². The topological polar surface area (TPSA) is 69.6 Å². The van der Waals surface area contributed by atoms with Crippen LogP contribution >= 0.6 is 23.1 Å². The average molecular weight is 291 g/mol. The lowest BCUT2D eigenvalue weighted by molar-refractivity contribution is 0.675. The van der Waals surface area contributed by atoms with Crippen molar-refractivity contribution in [3.63, 3.8) is 0 Å². The Balaban J connectivity index is 1.88. The smallest absolute Gasteiger partial charge is 0.203 e. The first-order chi connectivity index (χ1) is 9.28. The van der Waals surface area contributed by atoms with Gasteiger partial charge in [0, 0.05) is 17.7 Å². The van der Waals surface area contributed by atoms with Crippen LogP contribution in [0.5, 0.6) is 0 Å². The summed E-state index contributed by atoms with van der Waals surface area (Å²) in [6.07, 6.45) is 0. The molecule has 3 rings (SSSR count). The van der Waals surface area contributed by atoms with Crippen LogP contribution in [0.1, 0.15) is 12.6 Å². The SMILES string of the molecule is CCn1nc(CSc2nnc(N)s2)c2ccccc21. The quantitative estimate of drug-likeness (QED) is 0.748. The molecule has 98 valence electrons. The summed E-state index contributed by atoms with van der Waals surface area (Å²) in [5.41, 5.74) is 7.83. The second-order valence-corrected chi connectivity index (χ2v) is 6.21. The van der Waals surface area contributed by atoms with Gasteiger partial charge in [-0.1, -0.05) is 41.3 Å². The van der Waals surface area contributed by atoms with Crippen LogP contribution < -0.4 is 5.73 Å². The third kappa shape index (κ3) is 2.43. The Morgan fingerprint density at radius 1 is 1.32 bits per heavy atom. The molecule has 1 aromatic carbocycles. The minimum absolute atomic E-state index is 0.506. The largest absolute Gasteiger partial charge is 0.374 e. The van der Waals surface area contributed by atoms with Crippen LogP contribution in [0.3, 0.4) is 0 Å². The number of aromatic nitrogens is 4. The van der Waals surface area contributed by atoms with Crippen molar-refractivity contribution in [1.29, 1.82) is 0 Å². The second-order valence-electron chi connectivity index (χ2n) is 3.97. The summed E-state index contributed by atoms with van der Waals surface area (Å²) in [4.78, 5) is 0. The van der Waals surface area contributed by atoms with Crippen molar-refractivity contribution in [3.05, 3.63) is 30.0 Å². The highest BCUT2D eigenvalue weighted by Gasteiger charge is 2.10. The highest BCUT2D eigenvalue weighted by Crippen LogP contribution is 2.29. The highest BCUT2D eigenvalue weighted by molar-refractivity contribution is 8.00. The molecule has 3 aromatic rings. The Kier molecular flexibility index (Phi) is 3.39. The van der Waals surface area contributed by atoms with E-state index >= 15 is 0 Å². The minimum atomic E-state index is 0.506. The number of benzene rings is 1. The third-order valence-electron chi connectivity index (χ3n) is 2.79. The molecule has 2 N–H and O–H groups in total. The lowest BCUT2D eigenvalue weighted by atomic mass is 10.2. The first-order valence-corrected chi connectivity index (χ1v) is 7.74.